The normalized spacial score (nSPS) is 32.5. The number of nitrogens with zero attached hydrogens (tertiary/aromatic N) is 2. The summed E-state index contributed by atoms with van der Waals surface area (Å²) >= 11 is 0. The molecule has 0 radical (unpaired) electrons. The molecule has 1 N–H and O–H groups in total. The zero-order valence-corrected chi connectivity index (χ0v) is 15.7. The number of ether oxygens (including phenoxy) is 1. The van der Waals surface area contributed by atoms with Crippen molar-refractivity contribution >= 4 is 11.6 Å². The summed E-state index contributed by atoms with van der Waals surface area (Å²) in [5.74, 6) is 0.264. The quantitative estimate of drug-likeness (QED) is 0.900. The van der Waals surface area contributed by atoms with Gasteiger partial charge in [-0.1, -0.05) is 18.2 Å². The molecule has 0 aromatic heterocycles. The first-order chi connectivity index (χ1) is 12.6. The summed E-state index contributed by atoms with van der Waals surface area (Å²) in [6.07, 6.45) is 4.87. The van der Waals surface area contributed by atoms with E-state index < -0.39 is 5.60 Å². The Morgan fingerprint density at radius 1 is 1.31 bits per heavy atom. The molecule has 3 aliphatic rings. The predicted octanol–water partition coefficient (Wildman–Crippen LogP) is 2.22. The summed E-state index contributed by atoms with van der Waals surface area (Å²) in [6.45, 7) is 5.32. The minimum atomic E-state index is -0.702. The monoisotopic (exact) mass is 358 g/mol. The molecular weight excluding hydrogens is 328 g/mol. The van der Waals surface area contributed by atoms with E-state index in [0.29, 0.717) is 26.2 Å². The summed E-state index contributed by atoms with van der Waals surface area (Å²) < 4.78 is 5.66. The van der Waals surface area contributed by atoms with Crippen LogP contribution >= 0.6 is 0 Å². The van der Waals surface area contributed by atoms with E-state index in [9.17, 15) is 9.90 Å². The van der Waals surface area contributed by atoms with E-state index in [1.54, 1.807) is 0 Å². The Balaban J connectivity index is 1.47. The first kappa shape index (κ1) is 18.0. The van der Waals surface area contributed by atoms with Crippen molar-refractivity contribution in [3.8, 4) is 0 Å². The molecule has 5 nitrogen and oxygen atoms in total. The molecule has 3 aliphatic heterocycles. The number of anilines is 1. The van der Waals surface area contributed by atoms with Gasteiger partial charge in [-0.15, -0.1) is 0 Å². The van der Waals surface area contributed by atoms with Gasteiger partial charge < -0.3 is 14.7 Å². The van der Waals surface area contributed by atoms with E-state index in [1.165, 1.54) is 5.56 Å². The van der Waals surface area contributed by atoms with Crippen molar-refractivity contribution in [3.63, 3.8) is 0 Å². The highest BCUT2D eigenvalue weighted by Gasteiger charge is 2.44. The lowest BCUT2D eigenvalue weighted by Gasteiger charge is -2.43. The maximum Gasteiger partial charge on any atom is 0.241 e. The average molecular weight is 358 g/mol. The number of hydrogen-bond acceptors (Lipinski definition) is 4. The number of carbonyl (C=O) groups excluding carboxylic acids is 1. The Labute approximate surface area is 155 Å². The number of carbonyl (C=O) groups is 1. The summed E-state index contributed by atoms with van der Waals surface area (Å²) in [7, 11) is 0. The van der Waals surface area contributed by atoms with Crippen molar-refractivity contribution < 1.29 is 14.6 Å². The molecule has 1 aromatic rings. The topological polar surface area (TPSA) is 53.0 Å². The number of hydrogen-bond donors (Lipinski definition) is 1. The number of benzene rings is 1. The van der Waals surface area contributed by atoms with Gasteiger partial charge in [0, 0.05) is 30.8 Å². The van der Waals surface area contributed by atoms with Crippen LogP contribution in [-0.2, 0) is 16.0 Å². The summed E-state index contributed by atoms with van der Waals surface area (Å²) in [6, 6.07) is 8.49. The van der Waals surface area contributed by atoms with Crippen molar-refractivity contribution in [1.29, 1.82) is 0 Å². The fraction of sp³-hybridized carbons (Fsp3) is 0.667. The zero-order valence-electron chi connectivity index (χ0n) is 15.7. The second-order valence-electron chi connectivity index (χ2n) is 8.25. The Hall–Kier alpha value is -1.43. The number of fused-ring (bicyclic) bond motifs is 1. The third-order valence-electron chi connectivity index (χ3n) is 6.48. The van der Waals surface area contributed by atoms with Crippen LogP contribution in [0, 0.1) is 5.92 Å². The van der Waals surface area contributed by atoms with Crippen molar-refractivity contribution in [2.75, 3.05) is 37.7 Å². The van der Waals surface area contributed by atoms with Crippen LogP contribution in [0.25, 0.3) is 0 Å². The summed E-state index contributed by atoms with van der Waals surface area (Å²) in [5.41, 5.74) is 1.65. The van der Waals surface area contributed by atoms with Gasteiger partial charge in [0.1, 0.15) is 0 Å². The second-order valence-corrected chi connectivity index (χ2v) is 8.25. The Bertz CT molecular complexity index is 660. The van der Waals surface area contributed by atoms with E-state index >= 15 is 0 Å². The third-order valence-corrected chi connectivity index (χ3v) is 6.48. The molecule has 142 valence electrons. The third kappa shape index (κ3) is 3.40. The highest BCUT2D eigenvalue weighted by Crippen LogP contribution is 2.36. The first-order valence-corrected chi connectivity index (χ1v) is 9.99. The molecule has 5 heteroatoms. The molecule has 0 aliphatic carbocycles. The minimum absolute atomic E-state index is 0.0835. The van der Waals surface area contributed by atoms with Crippen molar-refractivity contribution in [2.45, 2.75) is 50.7 Å². The van der Waals surface area contributed by atoms with Gasteiger partial charge in [0.15, 0.2) is 0 Å². The molecule has 1 aromatic carbocycles. The van der Waals surface area contributed by atoms with Crippen LogP contribution in [0.5, 0.6) is 0 Å². The van der Waals surface area contributed by atoms with Crippen molar-refractivity contribution in [3.05, 3.63) is 29.8 Å². The Morgan fingerprint density at radius 2 is 2.15 bits per heavy atom. The van der Waals surface area contributed by atoms with Crippen LogP contribution in [0.3, 0.4) is 0 Å². The zero-order chi connectivity index (χ0) is 18.1. The van der Waals surface area contributed by atoms with Crippen LogP contribution in [0.15, 0.2) is 24.3 Å². The number of aliphatic hydroxyl groups is 1. The van der Waals surface area contributed by atoms with E-state index in [0.717, 1.165) is 44.5 Å². The van der Waals surface area contributed by atoms with Crippen molar-refractivity contribution in [1.82, 2.24) is 4.90 Å². The molecular formula is C21H30N2O3. The van der Waals surface area contributed by atoms with Crippen LogP contribution in [0.4, 0.5) is 5.69 Å². The fourth-order valence-corrected chi connectivity index (χ4v) is 4.94. The number of likely N-dealkylation sites (tertiary alicyclic amines) is 1. The minimum Gasteiger partial charge on any atom is -0.390 e. The Morgan fingerprint density at radius 3 is 3.00 bits per heavy atom. The molecule has 2 fully saturated rings. The molecule has 0 saturated carbocycles. The van der Waals surface area contributed by atoms with Gasteiger partial charge in [-0.25, -0.2) is 0 Å². The highest BCUT2D eigenvalue weighted by molar-refractivity contribution is 5.96. The maximum absolute atomic E-state index is 13.1. The molecule has 0 bridgehead atoms. The average Bonchev–Trinajstić information content (AvgIpc) is 3.08. The van der Waals surface area contributed by atoms with Crippen LogP contribution in [0.1, 0.15) is 38.2 Å². The van der Waals surface area contributed by atoms with Gasteiger partial charge in [-0.3, -0.25) is 9.69 Å². The van der Waals surface area contributed by atoms with Gasteiger partial charge >= 0.3 is 0 Å². The molecule has 0 unspecified atom stereocenters. The van der Waals surface area contributed by atoms with Gasteiger partial charge in [-0.05, 0) is 57.2 Å². The van der Waals surface area contributed by atoms with Crippen LogP contribution < -0.4 is 4.90 Å². The first-order valence-electron chi connectivity index (χ1n) is 9.99. The van der Waals surface area contributed by atoms with E-state index in [2.05, 4.69) is 23.1 Å². The fourth-order valence-electron chi connectivity index (χ4n) is 4.94. The van der Waals surface area contributed by atoms with E-state index in [4.69, 9.17) is 4.74 Å². The molecule has 0 spiro atoms. The van der Waals surface area contributed by atoms with Gasteiger partial charge in [0.25, 0.3) is 0 Å². The van der Waals surface area contributed by atoms with Gasteiger partial charge in [0.2, 0.25) is 5.91 Å². The molecule has 3 atom stereocenters. The van der Waals surface area contributed by atoms with Crippen LogP contribution in [0.2, 0.25) is 0 Å². The lowest BCUT2D eigenvalue weighted by Crippen LogP contribution is -2.54. The largest absolute Gasteiger partial charge is 0.390 e. The summed E-state index contributed by atoms with van der Waals surface area (Å²) in [4.78, 5) is 17.3. The molecule has 26 heavy (non-hydrogen) atoms. The van der Waals surface area contributed by atoms with Crippen LogP contribution in [-0.4, -0.2) is 60.4 Å². The van der Waals surface area contributed by atoms with Gasteiger partial charge in [0.05, 0.1) is 18.8 Å². The lowest BCUT2D eigenvalue weighted by atomic mass is 9.79. The SMILES string of the molecule is C[C@]1(O)CCOC[C@@H]1[C@H]1CCCN1CC(=O)N1CCCc2ccccc21. The predicted molar refractivity (Wildman–Crippen MR) is 101 cm³/mol. The second kappa shape index (κ2) is 7.29. The molecule has 1 amide bonds. The van der Waals surface area contributed by atoms with E-state index in [1.807, 2.05) is 17.9 Å². The molecule has 2 saturated heterocycles. The van der Waals surface area contributed by atoms with E-state index in [-0.39, 0.29) is 17.9 Å². The number of aryl methyl sites for hydroxylation is 1. The number of amides is 1. The number of para-hydroxylation sites is 1. The maximum atomic E-state index is 13.1. The van der Waals surface area contributed by atoms with Crippen molar-refractivity contribution in [2.24, 2.45) is 5.92 Å². The smallest absolute Gasteiger partial charge is 0.241 e. The molecule has 4 rings (SSSR count). The molecule has 3 heterocycles. The standard InChI is InChI=1S/C21H30N2O3/c1-21(25)10-13-26-15-17(21)19-9-5-11-22(19)14-20(24)23-12-4-7-16-6-2-3-8-18(16)23/h2-3,6,8,17,19,25H,4-5,7,9-15H2,1H3/t17-,19-,21+/m1/s1. The number of rotatable bonds is 3. The summed E-state index contributed by atoms with van der Waals surface area (Å²) in [5, 5.41) is 10.8. The lowest BCUT2D eigenvalue weighted by molar-refractivity contribution is -0.130. The van der Waals surface area contributed by atoms with Gasteiger partial charge in [-0.2, -0.15) is 0 Å². The Kier molecular flexibility index (Phi) is 5.04. The highest BCUT2D eigenvalue weighted by atomic mass is 16.5.